The fraction of sp³-hybridized carbons (Fsp3) is 0.882. The number of amides is 2. The fourth-order valence-corrected chi connectivity index (χ4v) is 4.05. The van der Waals surface area contributed by atoms with Gasteiger partial charge in [-0.2, -0.15) is 0 Å². The third-order valence-electron chi connectivity index (χ3n) is 4.27. The average molecular weight is 395 g/mol. The van der Waals surface area contributed by atoms with Crippen LogP contribution in [0.3, 0.4) is 0 Å². The lowest BCUT2D eigenvalue weighted by molar-refractivity contribution is 0.0404. The van der Waals surface area contributed by atoms with Crippen molar-refractivity contribution in [3.63, 3.8) is 0 Å². The normalized spacial score (nSPS) is 30.7. The Hall–Kier alpha value is -0.880. The van der Waals surface area contributed by atoms with Gasteiger partial charge in [0.1, 0.15) is 15.5 Å². The predicted octanol–water partition coefficient (Wildman–Crippen LogP) is 3.99. The molecule has 2 saturated carbocycles. The molecule has 25 heavy (non-hydrogen) atoms. The molecule has 0 radical (unpaired) electrons. The average Bonchev–Trinajstić information content (AvgIpc) is 2.86. The Morgan fingerprint density at radius 1 is 0.840 bits per heavy atom. The molecule has 0 bridgehead atoms. The number of fused-ring (bicyclic) bond motifs is 1. The van der Waals surface area contributed by atoms with Gasteiger partial charge in [0, 0.05) is 0 Å². The molecular formula is C17H28Cl2N2O4. The zero-order chi connectivity index (χ0) is 19.2. The van der Waals surface area contributed by atoms with Crippen molar-refractivity contribution in [1.82, 2.24) is 10.6 Å². The highest BCUT2D eigenvalue weighted by molar-refractivity contribution is 6.51. The van der Waals surface area contributed by atoms with Gasteiger partial charge in [0.25, 0.3) is 0 Å². The van der Waals surface area contributed by atoms with Gasteiger partial charge in [0.05, 0.1) is 12.1 Å². The molecule has 0 saturated heterocycles. The molecule has 2 fully saturated rings. The highest BCUT2D eigenvalue weighted by Crippen LogP contribution is 2.65. The molecule has 8 heteroatoms. The zero-order valence-corrected chi connectivity index (χ0v) is 17.1. The number of carbonyl (C=O) groups excluding carboxylic acids is 2. The van der Waals surface area contributed by atoms with Crippen LogP contribution < -0.4 is 10.6 Å². The van der Waals surface area contributed by atoms with Crippen molar-refractivity contribution in [2.24, 2.45) is 11.8 Å². The minimum absolute atomic E-state index is 0.104. The van der Waals surface area contributed by atoms with Crippen LogP contribution in [0, 0.1) is 11.8 Å². The van der Waals surface area contributed by atoms with Gasteiger partial charge in [-0.25, -0.2) is 9.59 Å². The van der Waals surface area contributed by atoms with Crippen LogP contribution in [0.25, 0.3) is 0 Å². The molecule has 144 valence electrons. The highest BCUT2D eigenvalue weighted by Gasteiger charge is 2.66. The van der Waals surface area contributed by atoms with E-state index in [1.165, 1.54) is 0 Å². The van der Waals surface area contributed by atoms with Crippen molar-refractivity contribution in [2.45, 2.75) is 82.0 Å². The molecule has 0 aromatic heterocycles. The zero-order valence-electron chi connectivity index (χ0n) is 15.6. The summed E-state index contributed by atoms with van der Waals surface area (Å²) in [5, 5.41) is 5.68. The van der Waals surface area contributed by atoms with E-state index < -0.39 is 27.7 Å². The third-order valence-corrected chi connectivity index (χ3v) is 5.39. The van der Waals surface area contributed by atoms with Crippen LogP contribution in [0.2, 0.25) is 0 Å². The number of halogens is 2. The number of alkyl halides is 2. The van der Waals surface area contributed by atoms with E-state index in [-0.39, 0.29) is 23.9 Å². The minimum atomic E-state index is -0.793. The number of hydrogen-bond acceptors (Lipinski definition) is 4. The first-order valence-electron chi connectivity index (χ1n) is 8.56. The van der Waals surface area contributed by atoms with Crippen molar-refractivity contribution >= 4 is 35.4 Å². The van der Waals surface area contributed by atoms with E-state index in [9.17, 15) is 9.59 Å². The van der Waals surface area contributed by atoms with Crippen molar-refractivity contribution in [3.05, 3.63) is 0 Å². The highest BCUT2D eigenvalue weighted by atomic mass is 35.5. The van der Waals surface area contributed by atoms with Gasteiger partial charge in [-0.1, -0.05) is 0 Å². The third kappa shape index (κ3) is 5.55. The summed E-state index contributed by atoms with van der Waals surface area (Å²) in [7, 11) is 0. The van der Waals surface area contributed by atoms with Crippen LogP contribution in [0.15, 0.2) is 0 Å². The lowest BCUT2D eigenvalue weighted by atomic mass is 9.90. The van der Waals surface area contributed by atoms with E-state index >= 15 is 0 Å². The Morgan fingerprint density at radius 2 is 1.16 bits per heavy atom. The van der Waals surface area contributed by atoms with Crippen LogP contribution >= 0.6 is 23.2 Å². The number of rotatable bonds is 2. The molecule has 2 rings (SSSR count). The number of alkyl carbamates (subject to hydrolysis) is 2. The molecule has 0 aliphatic heterocycles. The van der Waals surface area contributed by atoms with Crippen LogP contribution in [0.5, 0.6) is 0 Å². The molecule has 2 amide bonds. The first-order valence-corrected chi connectivity index (χ1v) is 9.31. The monoisotopic (exact) mass is 394 g/mol. The molecule has 4 atom stereocenters. The second-order valence-electron chi connectivity index (χ2n) is 8.86. The molecule has 0 spiro atoms. The smallest absolute Gasteiger partial charge is 0.407 e. The van der Waals surface area contributed by atoms with E-state index in [0.29, 0.717) is 12.8 Å². The van der Waals surface area contributed by atoms with Gasteiger partial charge in [-0.05, 0) is 66.2 Å². The molecule has 6 nitrogen and oxygen atoms in total. The second-order valence-corrected chi connectivity index (χ2v) is 10.3. The number of carbonyl (C=O) groups is 2. The van der Waals surface area contributed by atoms with E-state index in [2.05, 4.69) is 10.6 Å². The molecule has 0 aromatic rings. The van der Waals surface area contributed by atoms with Crippen LogP contribution in [-0.4, -0.2) is 39.8 Å². The van der Waals surface area contributed by atoms with E-state index in [1.54, 1.807) is 41.5 Å². The van der Waals surface area contributed by atoms with Gasteiger partial charge in [0.2, 0.25) is 0 Å². The lowest BCUT2D eigenvalue weighted by Crippen LogP contribution is -2.55. The van der Waals surface area contributed by atoms with E-state index in [4.69, 9.17) is 32.7 Å². The lowest BCUT2D eigenvalue weighted by Gasteiger charge is -2.33. The van der Waals surface area contributed by atoms with Crippen molar-refractivity contribution < 1.29 is 19.1 Å². The topological polar surface area (TPSA) is 76.7 Å². The molecule has 2 aliphatic carbocycles. The van der Waals surface area contributed by atoms with E-state index in [1.807, 2.05) is 0 Å². The van der Waals surface area contributed by atoms with E-state index in [0.717, 1.165) is 0 Å². The van der Waals surface area contributed by atoms with Crippen LogP contribution in [0.4, 0.5) is 9.59 Å². The maximum atomic E-state index is 12.1. The summed E-state index contributed by atoms with van der Waals surface area (Å²) in [5.41, 5.74) is -1.20. The maximum absolute atomic E-state index is 12.1. The van der Waals surface area contributed by atoms with Gasteiger partial charge in [-0.15, -0.1) is 23.2 Å². The molecule has 2 aliphatic rings. The van der Waals surface area contributed by atoms with Crippen molar-refractivity contribution in [3.8, 4) is 0 Å². The molecule has 0 heterocycles. The van der Waals surface area contributed by atoms with Gasteiger partial charge in [-0.3, -0.25) is 0 Å². The van der Waals surface area contributed by atoms with Crippen molar-refractivity contribution in [2.75, 3.05) is 0 Å². The summed E-state index contributed by atoms with van der Waals surface area (Å²) in [5.74, 6) is 0.208. The summed E-state index contributed by atoms with van der Waals surface area (Å²) in [4.78, 5) is 24.3. The Balaban J connectivity index is 2.02. The molecule has 2 unspecified atom stereocenters. The van der Waals surface area contributed by atoms with Gasteiger partial charge >= 0.3 is 12.2 Å². The first kappa shape index (κ1) is 20.4. The predicted molar refractivity (Wildman–Crippen MR) is 97.0 cm³/mol. The van der Waals surface area contributed by atoms with Crippen LogP contribution in [-0.2, 0) is 9.47 Å². The summed E-state index contributed by atoms with van der Waals surface area (Å²) in [6.07, 6.45) is 0.110. The SMILES string of the molecule is CC(C)(C)OC(=O)N[C@H]1CC2C(C[C@@H]1NC(=O)OC(C)(C)C)C2(Cl)Cl. The van der Waals surface area contributed by atoms with Gasteiger partial charge < -0.3 is 20.1 Å². The summed E-state index contributed by atoms with van der Waals surface area (Å²) in [6.45, 7) is 10.8. The number of nitrogens with one attached hydrogen (secondary N) is 2. The number of hydrogen-bond donors (Lipinski definition) is 2. The summed E-state index contributed by atoms with van der Waals surface area (Å²) in [6, 6.07) is -0.633. The quantitative estimate of drug-likeness (QED) is 0.694. The second kappa shape index (κ2) is 6.69. The fourth-order valence-electron chi connectivity index (χ4n) is 3.22. The Morgan fingerprint density at radius 3 is 1.44 bits per heavy atom. The minimum Gasteiger partial charge on any atom is -0.444 e. The largest absolute Gasteiger partial charge is 0.444 e. The molecule has 0 aromatic carbocycles. The van der Waals surface area contributed by atoms with Crippen LogP contribution in [0.1, 0.15) is 54.4 Å². The van der Waals surface area contributed by atoms with Gasteiger partial charge in [0.15, 0.2) is 0 Å². The Kier molecular flexibility index (Phi) is 5.47. The summed E-state index contributed by atoms with van der Waals surface area (Å²) >= 11 is 12.6. The maximum Gasteiger partial charge on any atom is 0.407 e. The van der Waals surface area contributed by atoms with Crippen molar-refractivity contribution in [1.29, 1.82) is 0 Å². The molecule has 2 N–H and O–H groups in total. The standard InChI is InChI=1S/C17H28Cl2N2O4/c1-15(2,3)24-13(22)20-11-7-9-10(17(9,18)19)8-12(11)21-14(23)25-16(4,5)6/h9-12H,7-8H2,1-6H3,(H,20,22)(H,21,23)/t9?,10?,11-,12-/m0/s1. The summed E-state index contributed by atoms with van der Waals surface area (Å²) < 4.78 is 9.84. The number of ether oxygens (including phenoxy) is 2. The first-order chi connectivity index (χ1) is 11.2. The Labute approximate surface area is 159 Å². The molecular weight excluding hydrogens is 367 g/mol. The Bertz CT molecular complexity index is 494.